The molecule has 0 aliphatic heterocycles. The minimum Gasteiger partial charge on any atom is -0.394 e. The fourth-order valence-corrected chi connectivity index (χ4v) is 1.73. The summed E-state index contributed by atoms with van der Waals surface area (Å²) in [7, 11) is 0. The van der Waals surface area contributed by atoms with Crippen LogP contribution in [0.25, 0.3) is 0 Å². The van der Waals surface area contributed by atoms with Crippen LogP contribution in [0.5, 0.6) is 0 Å². The lowest BCUT2D eigenvalue weighted by atomic mass is 10.3. The van der Waals surface area contributed by atoms with Crippen LogP contribution < -0.4 is 0 Å². The molecular weight excluding hydrogens is 284 g/mol. The van der Waals surface area contributed by atoms with Gasteiger partial charge in [0.25, 0.3) is 0 Å². The molecule has 0 saturated carbocycles. The lowest BCUT2D eigenvalue weighted by Crippen LogP contribution is -2.28. The van der Waals surface area contributed by atoms with E-state index in [9.17, 15) is 0 Å². The minimum absolute atomic E-state index is 0.0113. The molecule has 0 aromatic carbocycles. The van der Waals surface area contributed by atoms with Gasteiger partial charge < -0.3 is 24.1 Å². The van der Waals surface area contributed by atoms with Crippen molar-refractivity contribution >= 4 is 0 Å². The maximum atomic E-state index is 8.88. The largest absolute Gasteiger partial charge is 0.394 e. The molecule has 22 heavy (non-hydrogen) atoms. The highest BCUT2D eigenvalue weighted by atomic mass is 16.6. The van der Waals surface area contributed by atoms with Crippen molar-refractivity contribution in [3.63, 3.8) is 0 Å². The first kappa shape index (κ1) is 21.8. The number of aliphatic hydroxyl groups excluding tert-OH is 1. The van der Waals surface area contributed by atoms with Gasteiger partial charge in [0.1, 0.15) is 0 Å². The minimum atomic E-state index is -0.148. The van der Waals surface area contributed by atoms with Crippen LogP contribution in [0.3, 0.4) is 0 Å². The SMILES string of the molecule is CCCCCOC(C)COC(C)COC(C)COC(C)CO. The lowest BCUT2D eigenvalue weighted by molar-refractivity contribution is -0.0891. The van der Waals surface area contributed by atoms with Gasteiger partial charge >= 0.3 is 0 Å². The Balaban J connectivity index is 3.57. The molecule has 0 rings (SSSR count). The van der Waals surface area contributed by atoms with E-state index in [0.717, 1.165) is 13.0 Å². The summed E-state index contributed by atoms with van der Waals surface area (Å²) in [4.78, 5) is 0. The molecule has 0 aromatic heterocycles. The molecule has 0 heterocycles. The summed E-state index contributed by atoms with van der Waals surface area (Å²) in [6, 6.07) is 0. The number of hydrogen-bond donors (Lipinski definition) is 1. The zero-order valence-corrected chi connectivity index (χ0v) is 15.0. The average molecular weight is 320 g/mol. The van der Waals surface area contributed by atoms with Crippen LogP contribution in [0.1, 0.15) is 53.9 Å². The molecule has 0 aromatic rings. The highest BCUT2D eigenvalue weighted by molar-refractivity contribution is 4.56. The Hall–Kier alpha value is -0.200. The third-order valence-corrected chi connectivity index (χ3v) is 3.25. The predicted molar refractivity (Wildman–Crippen MR) is 88.3 cm³/mol. The third kappa shape index (κ3) is 13.5. The molecule has 5 nitrogen and oxygen atoms in total. The van der Waals surface area contributed by atoms with Crippen LogP contribution in [0.4, 0.5) is 0 Å². The van der Waals surface area contributed by atoms with Crippen LogP contribution in [0, 0.1) is 0 Å². The summed E-state index contributed by atoms with van der Waals surface area (Å²) >= 11 is 0. The molecule has 1 N–H and O–H groups in total. The molecule has 134 valence electrons. The second kappa shape index (κ2) is 14.4. The van der Waals surface area contributed by atoms with Crippen LogP contribution in [0.2, 0.25) is 0 Å². The van der Waals surface area contributed by atoms with Crippen LogP contribution >= 0.6 is 0 Å². The zero-order chi connectivity index (χ0) is 16.8. The van der Waals surface area contributed by atoms with Gasteiger partial charge in [-0.1, -0.05) is 19.8 Å². The van der Waals surface area contributed by atoms with Crippen molar-refractivity contribution in [1.29, 1.82) is 0 Å². The second-order valence-electron chi connectivity index (χ2n) is 6.00. The predicted octanol–water partition coefficient (Wildman–Crippen LogP) is 2.79. The molecule has 0 aliphatic carbocycles. The summed E-state index contributed by atoms with van der Waals surface area (Å²) in [6.07, 6.45) is 3.52. The summed E-state index contributed by atoms with van der Waals surface area (Å²) in [5.74, 6) is 0. The second-order valence-corrected chi connectivity index (χ2v) is 6.00. The van der Waals surface area contributed by atoms with Gasteiger partial charge in [-0.15, -0.1) is 0 Å². The van der Waals surface area contributed by atoms with E-state index >= 15 is 0 Å². The van der Waals surface area contributed by atoms with Gasteiger partial charge in [-0.25, -0.2) is 0 Å². The number of rotatable bonds is 15. The van der Waals surface area contributed by atoms with Crippen LogP contribution in [-0.4, -0.2) is 62.6 Å². The number of hydrogen-bond acceptors (Lipinski definition) is 5. The quantitative estimate of drug-likeness (QED) is 0.470. The van der Waals surface area contributed by atoms with Crippen LogP contribution in [-0.2, 0) is 18.9 Å². The molecule has 0 bridgehead atoms. The van der Waals surface area contributed by atoms with E-state index in [1.165, 1.54) is 12.8 Å². The molecular formula is C17H36O5. The molecule has 4 unspecified atom stereocenters. The van der Waals surface area contributed by atoms with E-state index in [4.69, 9.17) is 24.1 Å². The third-order valence-electron chi connectivity index (χ3n) is 3.25. The Bertz CT molecular complexity index is 237. The Morgan fingerprint density at radius 2 is 1.14 bits per heavy atom. The van der Waals surface area contributed by atoms with E-state index < -0.39 is 0 Å². The highest BCUT2D eigenvalue weighted by Crippen LogP contribution is 2.03. The summed E-state index contributed by atoms with van der Waals surface area (Å²) in [5, 5.41) is 8.88. The van der Waals surface area contributed by atoms with Crippen molar-refractivity contribution in [3.05, 3.63) is 0 Å². The topological polar surface area (TPSA) is 57.2 Å². The standard InChI is InChI=1S/C17H36O5/c1-6-7-8-9-19-15(3)11-21-17(5)13-22-16(4)12-20-14(2)10-18/h14-18H,6-13H2,1-5H3. The van der Waals surface area contributed by atoms with E-state index in [1.807, 2.05) is 27.7 Å². The highest BCUT2D eigenvalue weighted by Gasteiger charge is 2.11. The van der Waals surface area contributed by atoms with Gasteiger partial charge in [0, 0.05) is 6.61 Å². The average Bonchev–Trinajstić information content (AvgIpc) is 2.52. The fraction of sp³-hybridized carbons (Fsp3) is 1.00. The normalized spacial score (nSPS) is 17.2. The first-order chi connectivity index (χ1) is 10.5. The van der Waals surface area contributed by atoms with Crippen molar-refractivity contribution in [2.75, 3.05) is 33.0 Å². The maximum Gasteiger partial charge on any atom is 0.0781 e. The van der Waals surface area contributed by atoms with Gasteiger partial charge in [0.15, 0.2) is 0 Å². The number of unbranched alkanes of at least 4 members (excludes halogenated alkanes) is 2. The Morgan fingerprint density at radius 1 is 0.682 bits per heavy atom. The van der Waals surface area contributed by atoms with Gasteiger partial charge in [-0.2, -0.15) is 0 Å². The molecule has 0 aliphatic rings. The molecule has 0 saturated heterocycles. The van der Waals surface area contributed by atoms with E-state index in [-0.39, 0.29) is 31.0 Å². The Morgan fingerprint density at radius 3 is 1.59 bits per heavy atom. The van der Waals surface area contributed by atoms with Crippen molar-refractivity contribution in [2.24, 2.45) is 0 Å². The van der Waals surface area contributed by atoms with Gasteiger partial charge in [-0.3, -0.25) is 0 Å². The molecule has 0 amide bonds. The smallest absolute Gasteiger partial charge is 0.0781 e. The van der Waals surface area contributed by atoms with Crippen molar-refractivity contribution in [3.8, 4) is 0 Å². The van der Waals surface area contributed by atoms with Crippen molar-refractivity contribution < 1.29 is 24.1 Å². The first-order valence-corrected chi connectivity index (χ1v) is 8.56. The number of ether oxygens (including phenoxy) is 4. The Kier molecular flexibility index (Phi) is 14.3. The van der Waals surface area contributed by atoms with E-state index in [0.29, 0.717) is 19.8 Å². The van der Waals surface area contributed by atoms with Crippen molar-refractivity contribution in [1.82, 2.24) is 0 Å². The fourth-order valence-electron chi connectivity index (χ4n) is 1.73. The van der Waals surface area contributed by atoms with E-state index in [1.54, 1.807) is 0 Å². The van der Waals surface area contributed by atoms with Gasteiger partial charge in [0.2, 0.25) is 0 Å². The Labute approximate surface area is 136 Å². The summed E-state index contributed by atoms with van der Waals surface area (Å²) < 4.78 is 22.5. The lowest BCUT2D eigenvalue weighted by Gasteiger charge is -2.20. The van der Waals surface area contributed by atoms with E-state index in [2.05, 4.69) is 6.92 Å². The molecule has 4 atom stereocenters. The molecule has 0 radical (unpaired) electrons. The van der Waals surface area contributed by atoms with Crippen molar-refractivity contribution in [2.45, 2.75) is 78.3 Å². The summed E-state index contributed by atoms with van der Waals surface area (Å²) in [6.45, 7) is 12.4. The maximum absolute atomic E-state index is 8.88. The molecule has 0 spiro atoms. The zero-order valence-electron chi connectivity index (χ0n) is 15.0. The van der Waals surface area contributed by atoms with Gasteiger partial charge in [0.05, 0.1) is 50.8 Å². The first-order valence-electron chi connectivity index (χ1n) is 8.56. The van der Waals surface area contributed by atoms with Crippen LogP contribution in [0.15, 0.2) is 0 Å². The number of aliphatic hydroxyl groups is 1. The molecule has 0 fully saturated rings. The summed E-state index contributed by atoms with van der Waals surface area (Å²) in [5.41, 5.74) is 0. The van der Waals surface area contributed by atoms with Gasteiger partial charge in [-0.05, 0) is 34.1 Å². The molecule has 5 heteroatoms. The monoisotopic (exact) mass is 320 g/mol.